The summed E-state index contributed by atoms with van der Waals surface area (Å²) in [6, 6.07) is 22.2. The quantitative estimate of drug-likeness (QED) is 0.0213. The number of aliphatic hydroxyl groups excluding tert-OH is 2. The summed E-state index contributed by atoms with van der Waals surface area (Å²) >= 11 is 31.7. The lowest BCUT2D eigenvalue weighted by Crippen LogP contribution is -2.44. The molecule has 16 rings (SSSR count). The van der Waals surface area contributed by atoms with Crippen molar-refractivity contribution in [1.29, 1.82) is 0 Å². The van der Waals surface area contributed by atoms with Gasteiger partial charge in [-0.3, -0.25) is 25.3 Å². The number of hydrogen-bond donors (Lipinski definition) is 14. The van der Waals surface area contributed by atoms with Gasteiger partial charge in [0.25, 0.3) is 0 Å². The molecule has 35 nitrogen and oxygen atoms in total. The van der Waals surface area contributed by atoms with Crippen LogP contribution in [-0.4, -0.2) is 226 Å². The average Bonchev–Trinajstić information content (AvgIpc) is 0.850. The van der Waals surface area contributed by atoms with Crippen LogP contribution in [-0.2, 0) is 9.47 Å². The number of nitrogens with zero attached hydrogens (tertiary/aromatic N) is 16. The Morgan fingerprint density at radius 3 is 1.20 bits per heavy atom. The van der Waals surface area contributed by atoms with Crippen molar-refractivity contribution >= 4 is 163 Å². The number of aryl methyl sites for hydroxylation is 9. The Bertz CT molecular complexity index is 6330. The molecule has 760 valence electrons. The minimum atomic E-state index is -4.64. The lowest BCUT2D eigenvalue weighted by molar-refractivity contribution is -0.210. The molecule has 12 heterocycles. The van der Waals surface area contributed by atoms with E-state index in [9.17, 15) is 46.1 Å². The largest absolute Gasteiger partial charge is 0.496 e. The molecule has 142 heavy (non-hydrogen) atoms. The van der Waals surface area contributed by atoms with Crippen molar-refractivity contribution in [3.05, 3.63) is 201 Å². The molecule has 2 amide bonds. The predicted molar refractivity (Wildman–Crippen MR) is 535 cm³/mol. The first-order chi connectivity index (χ1) is 67.6. The van der Waals surface area contributed by atoms with Gasteiger partial charge in [-0.1, -0.05) is 82.6 Å². The second-order valence-corrected chi connectivity index (χ2v) is 37.5. The first-order valence-corrected chi connectivity index (χ1v) is 48.0. The minimum absolute atomic E-state index is 0.127. The normalized spacial score (nSPS) is 15.6. The van der Waals surface area contributed by atoms with Gasteiger partial charge in [-0.15, -0.1) is 0 Å². The molecule has 14 N–H and O–H groups in total. The number of ether oxygens (including phenoxy) is 3. The molecule has 8 aromatic heterocycles. The summed E-state index contributed by atoms with van der Waals surface area (Å²) in [6.45, 7) is 26.3. The number of aromatic amines is 4. The second kappa shape index (κ2) is 48.1. The number of aliphatic hydroxyl groups is 2. The Balaban J connectivity index is 0.000000159. The van der Waals surface area contributed by atoms with Gasteiger partial charge >= 0.3 is 24.5 Å². The van der Waals surface area contributed by atoms with E-state index < -0.39 is 43.5 Å². The van der Waals surface area contributed by atoms with Gasteiger partial charge in [0.2, 0.25) is 23.8 Å². The molecule has 0 saturated carbocycles. The van der Waals surface area contributed by atoms with Crippen molar-refractivity contribution in [2.75, 3.05) is 115 Å². The standard InChI is InChI=1S/C24H29ClF3N7O2.C24H29ClF3N7O.C24H29ClFN7O2.C23H27Cl2N7O2/c1-13-8-16(15-4-6-35(7-5-15)12-20(36)24(26,27)28)19(37-3)10-18(13)30-23-29-11-17(25)22(32-23)31-21-9-14(2)33-34-21;1-13-9-18(30-23-29-11-17(25)22(32-23)31-21-10-15(3)33-34-21)14(2)8-16(13)19-6-4-5-7-35(19)12-20(36)24(26,27)28;1-13(2)35-24(34)33-7-5-16(6-8-33)17-11-19(26)20(9-14(17)3)28-23-27-12-18(25)22(30-23)29-21-10-15(4)31-32-21;1-4-34-23(33)32-7-5-15(6-8-32)16-9-13(2)19(11-17(16)24)27-22-26-12-18(25)21(29-22)28-20-10-14(3)30-31-20/h8-11,15,20,36H,4-7,12H2,1-3H3,(H3,29,30,31,32,33,34);8-11,19-20,36H,4-7,12H2,1-3H3,(H3,29,30,31,32,33,34);9-13,16H,5-8H2,1-4H3,(H3,27,28,29,30,31,32);9-12,15H,4-8H2,1-3H3,(H3,26,27,28,29,30,31)/t20-;19?,20-;;/m11../s1. The van der Waals surface area contributed by atoms with E-state index in [0.717, 1.165) is 135 Å². The number of amides is 2. The van der Waals surface area contributed by atoms with E-state index in [0.29, 0.717) is 161 Å². The number of methoxy groups -OCH3 is 1. The molecule has 4 aromatic carbocycles. The maximum Gasteiger partial charge on any atom is 0.415 e. The number of rotatable bonds is 27. The molecule has 0 radical (unpaired) electrons. The lowest BCUT2D eigenvalue weighted by atomic mass is 9.86. The molecular weight excluding hydrogens is 1960 g/mol. The van der Waals surface area contributed by atoms with Gasteiger partial charge in [-0.25, -0.2) is 33.9 Å². The summed E-state index contributed by atoms with van der Waals surface area (Å²) in [6.07, 6.45) is -1.71. The number of aromatic nitrogens is 16. The SMILES string of the molecule is CCOC(=O)N1CCC(c2cc(C)c(Nc3ncc(Cl)c(Nc4cc(C)[nH]n4)n3)cc2Cl)CC1.COc1cc(Nc2ncc(Cl)c(Nc3cc(C)[nH]n3)n2)c(C)cc1C1CCN(C[C@@H](O)C(F)(F)F)CC1.Cc1cc(Nc2nc(Nc3cc(C)c(C4CCCCN4C[C@@H](O)C(F)(F)F)cc3C)ncc2Cl)n[nH]1.Cc1cc(Nc2nc(Nc3cc(C)c(C4CCN(C(=O)OC(C)C)CC4)cc3F)ncc2Cl)n[nH]1. The summed E-state index contributed by atoms with van der Waals surface area (Å²) in [7, 11) is 1.58. The molecule has 0 spiro atoms. The van der Waals surface area contributed by atoms with E-state index in [1.54, 1.807) is 38.8 Å². The number of likely N-dealkylation sites (tertiary alicyclic amines) is 4. The summed E-state index contributed by atoms with van der Waals surface area (Å²) < 4.78 is 108. The third-order valence-electron chi connectivity index (χ3n) is 24.2. The van der Waals surface area contributed by atoms with Crippen molar-refractivity contribution in [3.63, 3.8) is 0 Å². The highest BCUT2D eigenvalue weighted by Crippen LogP contribution is 2.44. The molecule has 4 fully saturated rings. The maximum absolute atomic E-state index is 15.1. The maximum atomic E-state index is 15.1. The monoisotopic (exact) mass is 2070 g/mol. The molecular formula is C95H114Cl5F7N28O7. The van der Waals surface area contributed by atoms with E-state index in [1.165, 1.54) is 24.8 Å². The highest BCUT2D eigenvalue weighted by molar-refractivity contribution is 6.34. The number of hydrogen-bond acceptors (Lipinski definition) is 29. The third-order valence-corrected chi connectivity index (χ3v) is 25.7. The smallest absolute Gasteiger partial charge is 0.415 e. The van der Waals surface area contributed by atoms with Crippen LogP contribution in [0.2, 0.25) is 25.1 Å². The fourth-order valence-electron chi connectivity index (χ4n) is 16.9. The summed E-state index contributed by atoms with van der Waals surface area (Å²) in [4.78, 5) is 65.7. The number of alkyl halides is 6. The van der Waals surface area contributed by atoms with Crippen molar-refractivity contribution in [2.24, 2.45) is 0 Å². The number of halogens is 12. The van der Waals surface area contributed by atoms with Crippen molar-refractivity contribution in [3.8, 4) is 5.75 Å². The average molecular weight is 2070 g/mol. The number of piperidine rings is 4. The molecule has 4 saturated heterocycles. The van der Waals surface area contributed by atoms with Gasteiger partial charge in [0.1, 0.15) is 31.7 Å². The second-order valence-electron chi connectivity index (χ2n) is 35.5. The number of β-amino-alcohol motifs (C(OH)–C–C–N with tert-alkyl or cyclic N) is 2. The number of nitrogens with one attached hydrogen (secondary N) is 12. The Morgan fingerprint density at radius 1 is 0.430 bits per heavy atom. The molecule has 47 heteroatoms. The zero-order valence-corrected chi connectivity index (χ0v) is 84.1. The molecule has 3 atom stereocenters. The third kappa shape index (κ3) is 29.0. The highest BCUT2D eigenvalue weighted by atomic mass is 35.5. The number of anilines is 16. The molecule has 4 aliphatic heterocycles. The Hall–Kier alpha value is -12.4. The van der Waals surface area contributed by atoms with Crippen molar-refractivity contribution in [1.82, 2.24) is 100 Å². The number of H-pyrrole nitrogens is 4. The van der Waals surface area contributed by atoms with Crippen LogP contribution in [0.15, 0.2) is 97.6 Å². The minimum Gasteiger partial charge on any atom is -0.496 e. The molecule has 0 bridgehead atoms. The van der Waals surface area contributed by atoms with Crippen LogP contribution < -0.4 is 47.3 Å². The molecule has 1 unspecified atom stereocenters. The van der Waals surface area contributed by atoms with E-state index in [1.807, 2.05) is 138 Å². The van der Waals surface area contributed by atoms with Crippen LogP contribution >= 0.6 is 58.0 Å². The lowest BCUT2D eigenvalue weighted by Gasteiger charge is -2.38. The van der Waals surface area contributed by atoms with Crippen LogP contribution in [0, 0.1) is 68.1 Å². The molecule has 4 aliphatic rings. The van der Waals surface area contributed by atoms with Gasteiger partial charge in [-0.2, -0.15) is 66.7 Å². The van der Waals surface area contributed by atoms with Gasteiger partial charge in [0.15, 0.2) is 58.8 Å². The molecule has 12 aromatic rings. The van der Waals surface area contributed by atoms with Crippen molar-refractivity contribution in [2.45, 2.75) is 195 Å². The Morgan fingerprint density at radius 2 is 0.796 bits per heavy atom. The molecule has 0 aliphatic carbocycles. The first kappa shape index (κ1) is 107. The van der Waals surface area contributed by atoms with Crippen molar-refractivity contribution < 1.29 is 64.7 Å². The Labute approximate surface area is 840 Å². The Kier molecular flexibility index (Phi) is 36.2. The van der Waals surface area contributed by atoms with Crippen LogP contribution in [0.25, 0.3) is 0 Å². The van der Waals surface area contributed by atoms with Crippen LogP contribution in [0.5, 0.6) is 5.75 Å². The van der Waals surface area contributed by atoms with E-state index in [2.05, 4.69) is 129 Å². The zero-order chi connectivity index (χ0) is 102. The van der Waals surface area contributed by atoms with E-state index in [4.69, 9.17) is 72.2 Å². The van der Waals surface area contributed by atoms with Crippen LogP contribution in [0.4, 0.5) is 133 Å². The van der Waals surface area contributed by atoms with Gasteiger partial charge < -0.3 is 81.7 Å². The van der Waals surface area contributed by atoms with Crippen LogP contribution in [0.1, 0.15) is 175 Å². The fourth-order valence-corrected chi connectivity index (χ4v) is 17.8. The van der Waals surface area contributed by atoms with E-state index >= 15 is 4.39 Å². The summed E-state index contributed by atoms with van der Waals surface area (Å²) in [5, 5.41) is 73.8. The van der Waals surface area contributed by atoms with Gasteiger partial charge in [-0.05, 0) is 246 Å². The van der Waals surface area contributed by atoms with E-state index in [-0.39, 0.29) is 53.7 Å². The van der Waals surface area contributed by atoms with Gasteiger partial charge in [0, 0.05) is 121 Å². The fraction of sp³-hybridized carbons (Fsp3) is 0.432. The van der Waals surface area contributed by atoms with Crippen LogP contribution in [0.3, 0.4) is 0 Å². The highest BCUT2D eigenvalue weighted by Gasteiger charge is 2.43. The van der Waals surface area contributed by atoms with Gasteiger partial charge in [0.05, 0.1) is 50.3 Å². The topological polar surface area (TPSA) is 429 Å². The number of benzene rings is 4. The summed E-state index contributed by atoms with van der Waals surface area (Å²) in [5.74, 6) is 6.00. The first-order valence-electron chi connectivity index (χ1n) is 46.1. The summed E-state index contributed by atoms with van der Waals surface area (Å²) in [5.41, 5.74) is 14.9. The number of carbonyl (C=O) groups is 2. The predicted octanol–water partition coefficient (Wildman–Crippen LogP) is 22.6. The zero-order valence-electron chi connectivity index (χ0n) is 80.3. The number of carbonyl (C=O) groups excluding carboxylic acids is 2.